The summed E-state index contributed by atoms with van der Waals surface area (Å²) < 4.78 is 31.7. The predicted octanol–water partition coefficient (Wildman–Crippen LogP) is 3.95. The molecule has 0 saturated carbocycles. The molecule has 1 aliphatic rings. The fraction of sp³-hybridized carbons (Fsp3) is 0.263. The van der Waals surface area contributed by atoms with Gasteiger partial charge >= 0.3 is 12.0 Å². The van der Waals surface area contributed by atoms with E-state index >= 15 is 0 Å². The van der Waals surface area contributed by atoms with Gasteiger partial charge in [-0.25, -0.2) is 18.4 Å². The summed E-state index contributed by atoms with van der Waals surface area (Å²) in [5.41, 5.74) is 0.756. The summed E-state index contributed by atoms with van der Waals surface area (Å²) in [4.78, 5) is 27.0. The van der Waals surface area contributed by atoms with E-state index < -0.39 is 11.9 Å². The molecular formula is C19H18F2N2O4. The SMILES string of the molecule is COc1ccc(N2CCN(c3ccc(C(C)(F)F)cc3)C2=O)cc1C(=O)O. The second-order valence-corrected chi connectivity index (χ2v) is 6.21. The van der Waals surface area contributed by atoms with Gasteiger partial charge in [0.15, 0.2) is 0 Å². The molecule has 1 saturated heterocycles. The van der Waals surface area contributed by atoms with Gasteiger partial charge in [0.1, 0.15) is 11.3 Å². The number of amides is 2. The van der Waals surface area contributed by atoms with E-state index in [4.69, 9.17) is 4.74 Å². The summed E-state index contributed by atoms with van der Waals surface area (Å²) in [6.07, 6.45) is 0. The number of ether oxygens (including phenoxy) is 1. The fourth-order valence-corrected chi connectivity index (χ4v) is 2.98. The molecule has 3 rings (SSSR count). The van der Waals surface area contributed by atoms with Crippen molar-refractivity contribution in [1.82, 2.24) is 0 Å². The number of benzene rings is 2. The number of aromatic carboxylic acids is 1. The molecule has 2 aromatic carbocycles. The Hall–Kier alpha value is -3.16. The van der Waals surface area contributed by atoms with Crippen LogP contribution in [0.15, 0.2) is 42.5 Å². The van der Waals surface area contributed by atoms with Gasteiger partial charge in [0.2, 0.25) is 0 Å². The molecule has 1 N–H and O–H groups in total. The van der Waals surface area contributed by atoms with Crippen LogP contribution in [-0.4, -0.2) is 37.3 Å². The van der Waals surface area contributed by atoms with Gasteiger partial charge in [-0.3, -0.25) is 9.80 Å². The molecule has 8 heteroatoms. The number of rotatable bonds is 5. The molecule has 0 aromatic heterocycles. The minimum Gasteiger partial charge on any atom is -0.496 e. The van der Waals surface area contributed by atoms with Crippen LogP contribution in [0.4, 0.5) is 25.0 Å². The van der Waals surface area contributed by atoms with Crippen molar-refractivity contribution >= 4 is 23.4 Å². The smallest absolute Gasteiger partial charge is 0.339 e. The Bertz CT molecular complexity index is 878. The molecular weight excluding hydrogens is 358 g/mol. The lowest BCUT2D eigenvalue weighted by atomic mass is 10.1. The first-order valence-corrected chi connectivity index (χ1v) is 8.21. The Kier molecular flexibility index (Phi) is 4.73. The average Bonchev–Trinajstić information content (AvgIpc) is 3.02. The molecule has 0 radical (unpaired) electrons. The van der Waals surface area contributed by atoms with Crippen LogP contribution < -0.4 is 14.5 Å². The van der Waals surface area contributed by atoms with Crippen molar-refractivity contribution in [2.24, 2.45) is 0 Å². The molecule has 0 bridgehead atoms. The van der Waals surface area contributed by atoms with E-state index in [2.05, 4.69) is 0 Å². The van der Waals surface area contributed by atoms with Gasteiger partial charge in [-0.1, -0.05) is 12.1 Å². The number of hydrogen-bond donors (Lipinski definition) is 1. The molecule has 2 aromatic rings. The maximum absolute atomic E-state index is 13.3. The topological polar surface area (TPSA) is 70.1 Å². The highest BCUT2D eigenvalue weighted by Gasteiger charge is 2.32. The van der Waals surface area contributed by atoms with Crippen LogP contribution in [0, 0.1) is 0 Å². The highest BCUT2D eigenvalue weighted by molar-refractivity contribution is 6.06. The first-order chi connectivity index (χ1) is 12.7. The van der Waals surface area contributed by atoms with Gasteiger partial charge in [0.25, 0.3) is 5.92 Å². The number of carboxylic acid groups (broad SMARTS) is 1. The zero-order valence-electron chi connectivity index (χ0n) is 14.8. The maximum Gasteiger partial charge on any atom is 0.339 e. The minimum atomic E-state index is -2.95. The van der Waals surface area contributed by atoms with E-state index in [-0.39, 0.29) is 22.9 Å². The molecule has 0 spiro atoms. The number of hydrogen-bond acceptors (Lipinski definition) is 3. The summed E-state index contributed by atoms with van der Waals surface area (Å²) >= 11 is 0. The molecule has 27 heavy (non-hydrogen) atoms. The Labute approximate surface area is 154 Å². The molecule has 6 nitrogen and oxygen atoms in total. The maximum atomic E-state index is 13.3. The van der Waals surface area contributed by atoms with Crippen LogP contribution in [0.25, 0.3) is 0 Å². The summed E-state index contributed by atoms with van der Waals surface area (Å²) in [7, 11) is 1.37. The highest BCUT2D eigenvalue weighted by Crippen LogP contribution is 2.32. The molecule has 0 unspecified atom stereocenters. The Morgan fingerprint density at radius 2 is 1.63 bits per heavy atom. The molecule has 0 atom stereocenters. The van der Waals surface area contributed by atoms with Crippen LogP contribution in [0.5, 0.6) is 5.75 Å². The summed E-state index contributed by atoms with van der Waals surface area (Å²) in [5.74, 6) is -3.91. The van der Waals surface area contributed by atoms with Crippen molar-refractivity contribution in [3.8, 4) is 5.75 Å². The standard InChI is InChI=1S/C19H18F2N2O4/c1-19(20,21)12-3-5-13(6-4-12)22-9-10-23(18(22)26)14-7-8-16(27-2)15(11-14)17(24)25/h3-8,11H,9-10H2,1-2H3,(H,24,25). The minimum absolute atomic E-state index is 0.0456. The number of carbonyl (C=O) groups excluding carboxylic acids is 1. The Morgan fingerprint density at radius 3 is 2.15 bits per heavy atom. The number of urea groups is 1. The third kappa shape index (κ3) is 3.55. The first-order valence-electron chi connectivity index (χ1n) is 8.21. The summed E-state index contributed by atoms with van der Waals surface area (Å²) in [5, 5.41) is 9.30. The predicted molar refractivity (Wildman–Crippen MR) is 96.1 cm³/mol. The molecule has 0 aliphatic carbocycles. The molecule has 1 heterocycles. The van der Waals surface area contributed by atoms with Crippen molar-refractivity contribution in [2.45, 2.75) is 12.8 Å². The number of anilines is 2. The van der Waals surface area contributed by atoms with Crippen molar-refractivity contribution in [1.29, 1.82) is 0 Å². The van der Waals surface area contributed by atoms with Gasteiger partial charge in [-0.05, 0) is 30.3 Å². The van der Waals surface area contributed by atoms with Crippen molar-refractivity contribution in [2.75, 3.05) is 30.0 Å². The molecule has 142 valence electrons. The third-order valence-corrected chi connectivity index (χ3v) is 4.42. The average molecular weight is 376 g/mol. The van der Waals surface area contributed by atoms with Gasteiger partial charge in [0, 0.05) is 37.0 Å². The van der Waals surface area contributed by atoms with Crippen LogP contribution in [0.1, 0.15) is 22.8 Å². The zero-order valence-corrected chi connectivity index (χ0v) is 14.8. The first kappa shape index (κ1) is 18.6. The van der Waals surface area contributed by atoms with Crippen LogP contribution in [-0.2, 0) is 5.92 Å². The fourth-order valence-electron chi connectivity index (χ4n) is 2.98. The number of methoxy groups -OCH3 is 1. The number of nitrogens with zero attached hydrogens (tertiary/aromatic N) is 2. The third-order valence-electron chi connectivity index (χ3n) is 4.42. The van der Waals surface area contributed by atoms with E-state index in [9.17, 15) is 23.5 Å². The van der Waals surface area contributed by atoms with Crippen molar-refractivity contribution < 1.29 is 28.2 Å². The van der Waals surface area contributed by atoms with E-state index in [0.29, 0.717) is 24.5 Å². The molecule has 1 fully saturated rings. The van der Waals surface area contributed by atoms with Gasteiger partial charge in [-0.2, -0.15) is 0 Å². The number of halogens is 2. The Balaban J connectivity index is 1.85. The lowest BCUT2D eigenvalue weighted by molar-refractivity contribution is 0.0175. The van der Waals surface area contributed by atoms with Gasteiger partial charge in [-0.15, -0.1) is 0 Å². The summed E-state index contributed by atoms with van der Waals surface area (Å²) in [6.45, 7) is 1.51. The zero-order chi connectivity index (χ0) is 19.8. The number of carboxylic acids is 1. The van der Waals surface area contributed by atoms with Gasteiger partial charge < -0.3 is 9.84 Å². The van der Waals surface area contributed by atoms with E-state index in [1.54, 1.807) is 6.07 Å². The lowest BCUT2D eigenvalue weighted by Gasteiger charge is -2.20. The van der Waals surface area contributed by atoms with Gasteiger partial charge in [0.05, 0.1) is 7.11 Å². The lowest BCUT2D eigenvalue weighted by Crippen LogP contribution is -2.31. The van der Waals surface area contributed by atoms with Crippen molar-refractivity contribution in [3.63, 3.8) is 0 Å². The van der Waals surface area contributed by atoms with E-state index in [0.717, 1.165) is 6.92 Å². The van der Waals surface area contributed by atoms with Crippen LogP contribution >= 0.6 is 0 Å². The van der Waals surface area contributed by atoms with Crippen LogP contribution in [0.2, 0.25) is 0 Å². The second kappa shape index (κ2) is 6.86. The number of carbonyl (C=O) groups is 2. The second-order valence-electron chi connectivity index (χ2n) is 6.21. The highest BCUT2D eigenvalue weighted by atomic mass is 19.3. The summed E-state index contributed by atoms with van der Waals surface area (Å²) in [6, 6.07) is 9.66. The molecule has 1 aliphatic heterocycles. The monoisotopic (exact) mass is 376 g/mol. The molecule has 2 amide bonds. The van der Waals surface area contributed by atoms with Crippen molar-refractivity contribution in [3.05, 3.63) is 53.6 Å². The van der Waals surface area contributed by atoms with Crippen LogP contribution in [0.3, 0.4) is 0 Å². The Morgan fingerprint density at radius 1 is 1.07 bits per heavy atom. The van der Waals surface area contributed by atoms with E-state index in [1.165, 1.54) is 53.3 Å². The number of alkyl halides is 2. The largest absolute Gasteiger partial charge is 0.496 e. The quantitative estimate of drug-likeness (QED) is 0.858. The van der Waals surface area contributed by atoms with E-state index in [1.807, 2.05) is 0 Å². The normalized spacial score (nSPS) is 14.6.